The van der Waals surface area contributed by atoms with Gasteiger partial charge >= 0.3 is 0 Å². The minimum atomic E-state index is -0.922. The van der Waals surface area contributed by atoms with Crippen molar-refractivity contribution in [1.82, 2.24) is 19.9 Å². The van der Waals surface area contributed by atoms with Gasteiger partial charge in [0.25, 0.3) is 0 Å². The highest BCUT2D eigenvalue weighted by Gasteiger charge is 2.18. The lowest BCUT2D eigenvalue weighted by Crippen LogP contribution is -2.08. The van der Waals surface area contributed by atoms with E-state index in [1.54, 1.807) is 37.5 Å². The minimum absolute atomic E-state index is 0.0327. The van der Waals surface area contributed by atoms with Crippen LogP contribution in [0.5, 0.6) is 5.75 Å². The number of fused-ring (bicyclic) bond motifs is 1. The summed E-state index contributed by atoms with van der Waals surface area (Å²) in [6.45, 7) is 1.80. The number of benzene rings is 2. The number of aromatic nitrogens is 4. The molecule has 0 bridgehead atoms. The van der Waals surface area contributed by atoms with Crippen molar-refractivity contribution < 1.29 is 13.5 Å². The standard InChI is InChI=1S/C20H13BrClF2N5O/c1-10(19-25-5-2-6-26-19)30-15-8-11(21)7-14-16(15)20(28-9-27-14)29-13-4-3-12(23)17(22)18(13)24/h2-10H,1H3,(H,27,28,29)/t10-/m0/s1. The van der Waals surface area contributed by atoms with E-state index >= 15 is 0 Å². The van der Waals surface area contributed by atoms with Gasteiger partial charge in [-0.25, -0.2) is 28.7 Å². The van der Waals surface area contributed by atoms with Gasteiger partial charge in [-0.3, -0.25) is 0 Å². The number of ether oxygens (including phenoxy) is 1. The Morgan fingerprint density at radius 3 is 2.63 bits per heavy atom. The van der Waals surface area contributed by atoms with Crippen molar-refractivity contribution in [2.45, 2.75) is 13.0 Å². The molecule has 2 heterocycles. The predicted octanol–water partition coefficient (Wildman–Crippen LogP) is 6.00. The van der Waals surface area contributed by atoms with Crippen molar-refractivity contribution in [2.24, 2.45) is 0 Å². The van der Waals surface area contributed by atoms with Crippen molar-refractivity contribution in [3.05, 3.63) is 76.0 Å². The topological polar surface area (TPSA) is 72.8 Å². The number of halogens is 4. The fourth-order valence-electron chi connectivity index (χ4n) is 2.82. The van der Waals surface area contributed by atoms with E-state index in [1.165, 1.54) is 12.4 Å². The van der Waals surface area contributed by atoms with Crippen LogP contribution in [0.25, 0.3) is 10.9 Å². The monoisotopic (exact) mass is 491 g/mol. The van der Waals surface area contributed by atoms with Crippen molar-refractivity contribution in [1.29, 1.82) is 0 Å². The van der Waals surface area contributed by atoms with Gasteiger partial charge in [-0.05, 0) is 37.3 Å². The van der Waals surface area contributed by atoms with Crippen LogP contribution in [-0.2, 0) is 0 Å². The molecule has 0 fully saturated rings. The van der Waals surface area contributed by atoms with Crippen LogP contribution < -0.4 is 10.1 Å². The Morgan fingerprint density at radius 1 is 1.10 bits per heavy atom. The van der Waals surface area contributed by atoms with E-state index in [-0.39, 0.29) is 11.5 Å². The third-order valence-corrected chi connectivity index (χ3v) is 5.01. The maximum absolute atomic E-state index is 14.4. The summed E-state index contributed by atoms with van der Waals surface area (Å²) in [6.07, 6.45) is 4.10. The van der Waals surface area contributed by atoms with E-state index in [9.17, 15) is 8.78 Å². The Labute approximate surface area is 183 Å². The number of rotatable bonds is 5. The van der Waals surface area contributed by atoms with Gasteiger partial charge in [-0.2, -0.15) is 0 Å². The fraction of sp³-hybridized carbons (Fsp3) is 0.100. The number of nitrogens with zero attached hydrogens (tertiary/aromatic N) is 4. The quantitative estimate of drug-likeness (QED) is 0.345. The van der Waals surface area contributed by atoms with Crippen molar-refractivity contribution in [3.8, 4) is 5.75 Å². The average Bonchev–Trinajstić information content (AvgIpc) is 2.74. The second-order valence-corrected chi connectivity index (χ2v) is 7.53. The highest BCUT2D eigenvalue weighted by atomic mass is 79.9. The summed E-state index contributed by atoms with van der Waals surface area (Å²) in [5.41, 5.74) is 0.515. The van der Waals surface area contributed by atoms with Gasteiger partial charge in [-0.15, -0.1) is 0 Å². The summed E-state index contributed by atoms with van der Waals surface area (Å²) >= 11 is 9.13. The van der Waals surface area contributed by atoms with Crippen LogP contribution in [0.2, 0.25) is 5.02 Å². The number of hydrogen-bond acceptors (Lipinski definition) is 6. The summed E-state index contributed by atoms with van der Waals surface area (Å²) in [7, 11) is 0. The van der Waals surface area contributed by atoms with Crippen LogP contribution >= 0.6 is 27.5 Å². The van der Waals surface area contributed by atoms with Gasteiger partial charge in [0.1, 0.15) is 28.7 Å². The van der Waals surface area contributed by atoms with Gasteiger partial charge in [0.2, 0.25) is 0 Å². The second kappa shape index (κ2) is 8.45. The van der Waals surface area contributed by atoms with Crippen LogP contribution in [0.3, 0.4) is 0 Å². The lowest BCUT2D eigenvalue weighted by atomic mass is 10.2. The van der Waals surface area contributed by atoms with Gasteiger partial charge in [0.15, 0.2) is 17.7 Å². The summed E-state index contributed by atoms with van der Waals surface area (Å²) in [4.78, 5) is 16.9. The van der Waals surface area contributed by atoms with E-state index in [0.29, 0.717) is 22.5 Å². The third kappa shape index (κ3) is 4.03. The van der Waals surface area contributed by atoms with Gasteiger partial charge in [0.05, 0.1) is 16.6 Å². The van der Waals surface area contributed by atoms with E-state index in [2.05, 4.69) is 41.2 Å². The zero-order valence-corrected chi connectivity index (χ0v) is 17.7. The highest BCUT2D eigenvalue weighted by molar-refractivity contribution is 9.10. The molecule has 0 unspecified atom stereocenters. The molecular weight excluding hydrogens is 480 g/mol. The molecule has 0 saturated carbocycles. The number of anilines is 2. The second-order valence-electron chi connectivity index (χ2n) is 6.24. The largest absolute Gasteiger partial charge is 0.482 e. The van der Waals surface area contributed by atoms with E-state index < -0.39 is 22.8 Å². The van der Waals surface area contributed by atoms with Crippen LogP contribution in [0.4, 0.5) is 20.3 Å². The van der Waals surface area contributed by atoms with Crippen LogP contribution in [0.15, 0.2) is 53.5 Å². The fourth-order valence-corrected chi connectivity index (χ4v) is 3.41. The van der Waals surface area contributed by atoms with Crippen LogP contribution in [0, 0.1) is 11.6 Å². The summed E-state index contributed by atoms with van der Waals surface area (Å²) < 4.78 is 34.7. The Kier molecular flexibility index (Phi) is 5.74. The molecule has 152 valence electrons. The first kappa shape index (κ1) is 20.4. The molecule has 10 heteroatoms. The van der Waals surface area contributed by atoms with E-state index in [1.807, 2.05) is 0 Å². The number of hydrogen-bond donors (Lipinski definition) is 1. The molecule has 1 atom stereocenters. The highest BCUT2D eigenvalue weighted by Crippen LogP contribution is 2.37. The number of nitrogens with one attached hydrogen (secondary N) is 1. The molecule has 0 aliphatic rings. The molecule has 4 aromatic rings. The van der Waals surface area contributed by atoms with Crippen molar-refractivity contribution in [2.75, 3.05) is 5.32 Å². The zero-order chi connectivity index (χ0) is 21.3. The molecule has 0 amide bonds. The van der Waals surface area contributed by atoms with E-state index in [0.717, 1.165) is 10.5 Å². The maximum Gasteiger partial charge on any atom is 0.168 e. The Hall–Kier alpha value is -2.91. The van der Waals surface area contributed by atoms with Gasteiger partial charge in [-0.1, -0.05) is 27.5 Å². The first-order valence-corrected chi connectivity index (χ1v) is 9.89. The minimum Gasteiger partial charge on any atom is -0.482 e. The Bertz CT molecular complexity index is 1230. The average molecular weight is 493 g/mol. The summed E-state index contributed by atoms with van der Waals surface area (Å²) in [6, 6.07) is 7.53. The van der Waals surface area contributed by atoms with Crippen LogP contribution in [-0.4, -0.2) is 19.9 Å². The van der Waals surface area contributed by atoms with E-state index in [4.69, 9.17) is 16.3 Å². The molecule has 0 aliphatic carbocycles. The third-order valence-electron chi connectivity index (χ3n) is 4.21. The van der Waals surface area contributed by atoms with Crippen LogP contribution in [0.1, 0.15) is 18.9 Å². The Morgan fingerprint density at radius 2 is 1.87 bits per heavy atom. The molecule has 6 nitrogen and oxygen atoms in total. The molecular formula is C20H13BrClF2N5O. The molecule has 0 aliphatic heterocycles. The molecule has 0 saturated heterocycles. The maximum atomic E-state index is 14.4. The van der Waals surface area contributed by atoms with Crippen molar-refractivity contribution in [3.63, 3.8) is 0 Å². The summed E-state index contributed by atoms with van der Waals surface area (Å²) in [5, 5.41) is 2.75. The Balaban J connectivity index is 1.79. The molecule has 30 heavy (non-hydrogen) atoms. The summed E-state index contributed by atoms with van der Waals surface area (Å²) in [5.74, 6) is -0.583. The SMILES string of the molecule is C[C@H](Oc1cc(Br)cc2ncnc(Nc3ccc(F)c(Cl)c3F)c12)c1ncccn1. The normalized spacial score (nSPS) is 12.0. The molecule has 1 N–H and O–H groups in total. The van der Waals surface area contributed by atoms with Crippen molar-refractivity contribution >= 4 is 49.9 Å². The molecule has 0 radical (unpaired) electrons. The first-order valence-electron chi connectivity index (χ1n) is 8.72. The zero-order valence-electron chi connectivity index (χ0n) is 15.4. The molecule has 2 aromatic heterocycles. The molecule has 0 spiro atoms. The first-order chi connectivity index (χ1) is 14.4. The lowest BCUT2D eigenvalue weighted by Gasteiger charge is -2.17. The predicted molar refractivity (Wildman–Crippen MR) is 113 cm³/mol. The van der Waals surface area contributed by atoms with Gasteiger partial charge in [0, 0.05) is 16.9 Å². The van der Waals surface area contributed by atoms with Gasteiger partial charge < -0.3 is 10.1 Å². The molecule has 4 rings (SSSR count). The molecule has 2 aromatic carbocycles. The smallest absolute Gasteiger partial charge is 0.168 e. The lowest BCUT2D eigenvalue weighted by molar-refractivity contribution is 0.219.